The number of hydrogen-bond donors (Lipinski definition) is 4. The zero-order valence-corrected chi connectivity index (χ0v) is 14.2. The van der Waals surface area contributed by atoms with E-state index in [1.54, 1.807) is 36.4 Å². The summed E-state index contributed by atoms with van der Waals surface area (Å²) in [7, 11) is 0. The Morgan fingerprint density at radius 3 is 1.38 bits per heavy atom. The van der Waals surface area contributed by atoms with Crippen LogP contribution in [-0.4, -0.2) is 35.4 Å². The molecule has 0 spiro atoms. The second kappa shape index (κ2) is 14.4. The topological polar surface area (TPSA) is 127 Å². The van der Waals surface area contributed by atoms with Crippen molar-refractivity contribution >= 4 is 12.6 Å². The number of benzene rings is 2. The standard InChI is InChI=1S/2C7H6O2.C3H10N2.Ni/c2*8-5-6-3-1-2-4-7(6)9;1-3(5)2-4;/h2*1-5,9H;3H,2,4-5H2,1H3;. The van der Waals surface area contributed by atoms with Crippen molar-refractivity contribution in [2.45, 2.75) is 13.0 Å². The Morgan fingerprint density at radius 2 is 1.21 bits per heavy atom. The molecular formula is C17H22N2NiO4. The van der Waals surface area contributed by atoms with E-state index in [2.05, 4.69) is 0 Å². The van der Waals surface area contributed by atoms with E-state index in [9.17, 15) is 9.59 Å². The molecule has 2 rings (SSSR count). The summed E-state index contributed by atoms with van der Waals surface area (Å²) < 4.78 is 0. The fourth-order valence-electron chi connectivity index (χ4n) is 1.17. The minimum Gasteiger partial charge on any atom is -0.507 e. The van der Waals surface area contributed by atoms with Crippen LogP contribution < -0.4 is 11.5 Å². The van der Waals surface area contributed by atoms with E-state index in [4.69, 9.17) is 21.7 Å². The second-order valence-electron chi connectivity index (χ2n) is 4.57. The number of aldehydes is 2. The van der Waals surface area contributed by atoms with Crippen LogP contribution >= 0.6 is 0 Å². The van der Waals surface area contributed by atoms with Crippen molar-refractivity contribution < 1.29 is 36.3 Å². The van der Waals surface area contributed by atoms with Gasteiger partial charge in [0.05, 0.1) is 11.1 Å². The van der Waals surface area contributed by atoms with Gasteiger partial charge in [-0.3, -0.25) is 9.59 Å². The second-order valence-corrected chi connectivity index (χ2v) is 4.57. The first-order valence-electron chi connectivity index (χ1n) is 6.88. The smallest absolute Gasteiger partial charge is 0.153 e. The summed E-state index contributed by atoms with van der Waals surface area (Å²) in [6.07, 6.45) is 1.24. The molecule has 0 saturated carbocycles. The maximum absolute atomic E-state index is 10.1. The normalized spacial score (nSPS) is 9.79. The van der Waals surface area contributed by atoms with Crippen molar-refractivity contribution in [2.75, 3.05) is 6.54 Å². The molecule has 0 bridgehead atoms. The fraction of sp³-hybridized carbons (Fsp3) is 0.176. The van der Waals surface area contributed by atoms with Gasteiger partial charge in [-0.05, 0) is 31.2 Å². The fourth-order valence-corrected chi connectivity index (χ4v) is 1.17. The molecule has 0 aliphatic heterocycles. The summed E-state index contributed by atoms with van der Waals surface area (Å²) in [5.41, 5.74) is 10.9. The van der Waals surface area contributed by atoms with Crippen LogP contribution in [0.5, 0.6) is 11.5 Å². The summed E-state index contributed by atoms with van der Waals surface area (Å²) in [6.45, 7) is 2.46. The monoisotopic (exact) mass is 376 g/mol. The molecule has 2 aromatic rings. The van der Waals surface area contributed by atoms with E-state index >= 15 is 0 Å². The molecule has 6 nitrogen and oxygen atoms in total. The molecule has 0 heterocycles. The van der Waals surface area contributed by atoms with Crippen molar-refractivity contribution in [1.82, 2.24) is 0 Å². The Labute approximate surface area is 151 Å². The van der Waals surface area contributed by atoms with Crippen LogP contribution in [-0.2, 0) is 16.5 Å². The van der Waals surface area contributed by atoms with Crippen LogP contribution in [0, 0.1) is 0 Å². The number of phenols is 2. The number of phenolic OH excluding ortho intramolecular Hbond substituents is 2. The molecular weight excluding hydrogens is 355 g/mol. The van der Waals surface area contributed by atoms with Gasteiger partial charge in [-0.1, -0.05) is 24.3 Å². The average molecular weight is 377 g/mol. The van der Waals surface area contributed by atoms with Crippen LogP contribution in [0.1, 0.15) is 27.6 Å². The molecule has 1 atom stereocenters. The summed E-state index contributed by atoms with van der Waals surface area (Å²) in [4.78, 5) is 20.1. The molecule has 2 aromatic carbocycles. The van der Waals surface area contributed by atoms with Crippen molar-refractivity contribution in [1.29, 1.82) is 0 Å². The third-order valence-corrected chi connectivity index (χ3v) is 2.50. The number of para-hydroxylation sites is 2. The number of carbonyl (C=O) groups excluding carboxylic acids is 2. The van der Waals surface area contributed by atoms with Crippen molar-refractivity contribution in [2.24, 2.45) is 11.5 Å². The summed E-state index contributed by atoms with van der Waals surface area (Å²) in [5.74, 6) is 0.0694. The van der Waals surface area contributed by atoms with E-state index < -0.39 is 0 Å². The third kappa shape index (κ3) is 10.5. The molecule has 7 heteroatoms. The summed E-state index contributed by atoms with van der Waals surface area (Å²) in [6, 6.07) is 13.0. The van der Waals surface area contributed by atoms with Gasteiger partial charge in [-0.15, -0.1) is 0 Å². The van der Waals surface area contributed by atoms with Gasteiger partial charge in [0.2, 0.25) is 0 Å². The van der Waals surface area contributed by atoms with Crippen LogP contribution in [0.25, 0.3) is 0 Å². The minimum absolute atomic E-state index is 0. The molecule has 0 aliphatic rings. The molecule has 6 N–H and O–H groups in total. The van der Waals surface area contributed by atoms with Crippen LogP contribution in [0.3, 0.4) is 0 Å². The van der Waals surface area contributed by atoms with Gasteiger partial charge in [-0.25, -0.2) is 0 Å². The van der Waals surface area contributed by atoms with Crippen LogP contribution in [0.15, 0.2) is 48.5 Å². The largest absolute Gasteiger partial charge is 0.507 e. The van der Waals surface area contributed by atoms with Gasteiger partial charge in [-0.2, -0.15) is 0 Å². The third-order valence-electron chi connectivity index (χ3n) is 2.50. The number of carbonyl (C=O) groups is 2. The van der Waals surface area contributed by atoms with Crippen molar-refractivity contribution in [3.8, 4) is 11.5 Å². The van der Waals surface area contributed by atoms with Crippen LogP contribution in [0.4, 0.5) is 0 Å². The number of nitrogens with two attached hydrogens (primary N) is 2. The van der Waals surface area contributed by atoms with Crippen molar-refractivity contribution in [3.05, 3.63) is 59.7 Å². The van der Waals surface area contributed by atoms with E-state index in [-0.39, 0.29) is 34.0 Å². The molecule has 0 radical (unpaired) electrons. The Balaban J connectivity index is 0. The van der Waals surface area contributed by atoms with E-state index in [1.807, 2.05) is 6.92 Å². The number of hydrogen-bond acceptors (Lipinski definition) is 6. The van der Waals surface area contributed by atoms with Gasteiger partial charge < -0.3 is 21.7 Å². The minimum atomic E-state index is 0. The van der Waals surface area contributed by atoms with E-state index in [0.29, 0.717) is 30.2 Å². The first-order chi connectivity index (χ1) is 11.0. The van der Waals surface area contributed by atoms with Gasteiger partial charge in [0.25, 0.3) is 0 Å². The Hall–Kier alpha value is -2.21. The quantitative estimate of drug-likeness (QED) is 0.477. The molecule has 0 saturated heterocycles. The Bertz CT molecular complexity index is 557. The molecule has 0 aliphatic carbocycles. The number of rotatable bonds is 3. The van der Waals surface area contributed by atoms with Gasteiger partial charge in [0.1, 0.15) is 11.5 Å². The predicted molar refractivity (Wildman–Crippen MR) is 89.7 cm³/mol. The predicted octanol–water partition coefficient (Wildman–Crippen LogP) is 1.70. The maximum atomic E-state index is 10.1. The maximum Gasteiger partial charge on any atom is 0.153 e. The van der Waals surface area contributed by atoms with Gasteiger partial charge >= 0.3 is 0 Å². The first kappa shape index (κ1) is 24.1. The first-order valence-corrected chi connectivity index (χ1v) is 6.88. The SMILES string of the molecule is CC(N)CN.O=Cc1ccccc1O.O=Cc1ccccc1O.[Ni]. The summed E-state index contributed by atoms with van der Waals surface area (Å²) in [5, 5.41) is 17.8. The molecule has 134 valence electrons. The van der Waals surface area contributed by atoms with E-state index in [0.717, 1.165) is 0 Å². The number of aromatic hydroxyl groups is 2. The zero-order valence-electron chi connectivity index (χ0n) is 13.2. The van der Waals surface area contributed by atoms with Gasteiger partial charge in [0.15, 0.2) is 12.6 Å². The molecule has 0 fully saturated rings. The molecule has 0 aromatic heterocycles. The van der Waals surface area contributed by atoms with Crippen LogP contribution in [0.2, 0.25) is 0 Å². The van der Waals surface area contributed by atoms with E-state index in [1.165, 1.54) is 12.1 Å². The Kier molecular flexibility index (Phi) is 14.4. The van der Waals surface area contributed by atoms with Crippen molar-refractivity contribution in [3.63, 3.8) is 0 Å². The molecule has 1 unspecified atom stereocenters. The average Bonchev–Trinajstić information content (AvgIpc) is 2.57. The van der Waals surface area contributed by atoms with Gasteiger partial charge in [0, 0.05) is 29.1 Å². The molecule has 0 amide bonds. The molecule has 24 heavy (non-hydrogen) atoms. The Morgan fingerprint density at radius 1 is 0.917 bits per heavy atom. The summed E-state index contributed by atoms with van der Waals surface area (Å²) >= 11 is 0. The zero-order chi connectivity index (χ0) is 17.7.